The van der Waals surface area contributed by atoms with E-state index in [1.54, 1.807) is 37.3 Å². The highest BCUT2D eigenvalue weighted by Gasteiger charge is 2.15. The van der Waals surface area contributed by atoms with Crippen molar-refractivity contribution in [2.45, 2.75) is 6.92 Å². The van der Waals surface area contributed by atoms with Crippen molar-refractivity contribution in [3.8, 4) is 11.3 Å². The van der Waals surface area contributed by atoms with Gasteiger partial charge in [0.2, 0.25) is 0 Å². The molecule has 1 amide bonds. The van der Waals surface area contributed by atoms with Crippen molar-refractivity contribution in [1.82, 2.24) is 5.32 Å². The van der Waals surface area contributed by atoms with Crippen molar-refractivity contribution in [2.24, 2.45) is 0 Å². The van der Waals surface area contributed by atoms with Crippen molar-refractivity contribution in [3.05, 3.63) is 76.5 Å². The first kappa shape index (κ1) is 19.6. The topological polar surface area (TPSA) is 91.6 Å². The quantitative estimate of drug-likeness (QED) is 0.534. The number of aromatic carboxylic acids is 1. The number of halogens is 1. The second-order valence-corrected chi connectivity index (χ2v) is 6.76. The van der Waals surface area contributed by atoms with Gasteiger partial charge in [-0.3, -0.25) is 10.1 Å². The Hall–Kier alpha value is -3.16. The monoisotopic (exact) mass is 414 g/mol. The average molecular weight is 415 g/mol. The molecule has 2 aromatic carbocycles. The number of thiocarbonyl (C=S) groups is 1. The normalized spacial score (nSPS) is 10.4. The summed E-state index contributed by atoms with van der Waals surface area (Å²) in [4.78, 5) is 23.5. The molecule has 0 saturated heterocycles. The summed E-state index contributed by atoms with van der Waals surface area (Å²) in [7, 11) is 0. The number of rotatable bonds is 4. The minimum absolute atomic E-state index is 0.0244. The smallest absolute Gasteiger partial charge is 0.335 e. The summed E-state index contributed by atoms with van der Waals surface area (Å²) in [5.41, 5.74) is 2.12. The molecule has 0 spiro atoms. The van der Waals surface area contributed by atoms with E-state index in [0.717, 1.165) is 11.1 Å². The Morgan fingerprint density at radius 1 is 1.11 bits per heavy atom. The van der Waals surface area contributed by atoms with Crippen LogP contribution in [0.2, 0.25) is 5.02 Å². The zero-order valence-electron chi connectivity index (χ0n) is 14.7. The third kappa shape index (κ3) is 4.57. The summed E-state index contributed by atoms with van der Waals surface area (Å²) in [5.74, 6) is -1.01. The number of benzene rings is 2. The van der Waals surface area contributed by atoms with Crippen LogP contribution in [0.25, 0.3) is 11.3 Å². The van der Waals surface area contributed by atoms with E-state index < -0.39 is 11.9 Å². The summed E-state index contributed by atoms with van der Waals surface area (Å²) < 4.78 is 5.58. The van der Waals surface area contributed by atoms with Crippen molar-refractivity contribution in [1.29, 1.82) is 0 Å². The van der Waals surface area contributed by atoms with E-state index in [1.807, 2.05) is 6.07 Å². The highest BCUT2D eigenvalue weighted by atomic mass is 35.5. The van der Waals surface area contributed by atoms with Crippen LogP contribution in [-0.4, -0.2) is 22.1 Å². The Morgan fingerprint density at radius 2 is 1.89 bits per heavy atom. The van der Waals surface area contributed by atoms with Crippen molar-refractivity contribution < 1.29 is 19.1 Å². The third-order valence-electron chi connectivity index (χ3n) is 3.90. The fourth-order valence-corrected chi connectivity index (χ4v) is 2.86. The molecule has 1 aromatic heterocycles. The van der Waals surface area contributed by atoms with Gasteiger partial charge < -0.3 is 14.8 Å². The molecular formula is C20H15ClN2O4S. The van der Waals surface area contributed by atoms with Crippen LogP contribution in [-0.2, 0) is 0 Å². The first-order chi connectivity index (χ1) is 13.3. The zero-order chi connectivity index (χ0) is 20.3. The number of anilines is 1. The number of hydrogen-bond donors (Lipinski definition) is 3. The van der Waals surface area contributed by atoms with Gasteiger partial charge in [-0.05, 0) is 61.1 Å². The molecule has 8 heteroatoms. The minimum Gasteiger partial charge on any atom is -0.478 e. The molecule has 0 aliphatic carbocycles. The number of hydrogen-bond acceptors (Lipinski definition) is 4. The van der Waals surface area contributed by atoms with Gasteiger partial charge in [-0.2, -0.15) is 0 Å². The molecule has 0 atom stereocenters. The van der Waals surface area contributed by atoms with Gasteiger partial charge in [-0.1, -0.05) is 29.8 Å². The van der Waals surface area contributed by atoms with Crippen molar-refractivity contribution in [2.75, 3.05) is 5.32 Å². The summed E-state index contributed by atoms with van der Waals surface area (Å²) in [5, 5.41) is 15.0. The van der Waals surface area contributed by atoms with Crippen LogP contribution in [0.15, 0.2) is 59.0 Å². The number of aryl methyl sites for hydroxylation is 1. The van der Waals surface area contributed by atoms with Gasteiger partial charge in [0.1, 0.15) is 5.76 Å². The van der Waals surface area contributed by atoms with Gasteiger partial charge in [0.05, 0.1) is 5.56 Å². The van der Waals surface area contributed by atoms with Crippen molar-refractivity contribution in [3.63, 3.8) is 0 Å². The lowest BCUT2D eigenvalue weighted by atomic mass is 10.1. The predicted molar refractivity (Wildman–Crippen MR) is 111 cm³/mol. The van der Waals surface area contributed by atoms with Crippen LogP contribution >= 0.6 is 23.8 Å². The third-order valence-corrected chi connectivity index (χ3v) is 4.34. The van der Waals surface area contributed by atoms with E-state index in [4.69, 9.17) is 33.3 Å². The SMILES string of the molecule is Cc1ccc(C(=O)O)cc1NC(=S)NC(=O)c1ccc(-c2cccc(Cl)c2)o1. The fraction of sp³-hybridized carbons (Fsp3) is 0.0500. The Bertz CT molecular complexity index is 1080. The number of furan rings is 1. The lowest BCUT2D eigenvalue weighted by molar-refractivity contribution is 0.0696. The second kappa shape index (κ2) is 8.24. The lowest BCUT2D eigenvalue weighted by Crippen LogP contribution is -2.34. The van der Waals surface area contributed by atoms with Crippen LogP contribution in [0.4, 0.5) is 5.69 Å². The molecule has 3 N–H and O–H groups in total. The number of carbonyl (C=O) groups is 2. The fourth-order valence-electron chi connectivity index (χ4n) is 2.46. The van der Waals surface area contributed by atoms with E-state index in [0.29, 0.717) is 16.5 Å². The molecule has 6 nitrogen and oxygen atoms in total. The maximum Gasteiger partial charge on any atom is 0.335 e. The number of carboxylic acids is 1. The average Bonchev–Trinajstić information content (AvgIpc) is 3.13. The van der Waals surface area contributed by atoms with E-state index in [9.17, 15) is 9.59 Å². The highest BCUT2D eigenvalue weighted by molar-refractivity contribution is 7.80. The molecule has 0 unspecified atom stereocenters. The molecular weight excluding hydrogens is 400 g/mol. The van der Waals surface area contributed by atoms with Crippen LogP contribution in [0.1, 0.15) is 26.5 Å². The van der Waals surface area contributed by atoms with E-state index >= 15 is 0 Å². The Kier molecular flexibility index (Phi) is 5.77. The van der Waals surface area contributed by atoms with Crippen molar-refractivity contribution >= 4 is 46.5 Å². The van der Waals surface area contributed by atoms with Gasteiger partial charge in [-0.25, -0.2) is 4.79 Å². The van der Waals surface area contributed by atoms with Crippen LogP contribution in [0.3, 0.4) is 0 Å². The Labute approximate surface area is 171 Å². The predicted octanol–water partition coefficient (Wildman–Crippen LogP) is 4.73. The molecule has 0 saturated carbocycles. The molecule has 0 fully saturated rings. The van der Waals surface area contributed by atoms with Crippen LogP contribution in [0, 0.1) is 6.92 Å². The Morgan fingerprint density at radius 3 is 2.61 bits per heavy atom. The van der Waals surface area contributed by atoms with Gasteiger partial charge >= 0.3 is 5.97 Å². The molecule has 142 valence electrons. The summed E-state index contributed by atoms with van der Waals surface area (Å²) >= 11 is 11.1. The van der Waals surface area contributed by atoms with Gasteiger partial charge in [0.15, 0.2) is 10.9 Å². The molecule has 0 radical (unpaired) electrons. The van der Waals surface area contributed by atoms with Crippen LogP contribution in [0.5, 0.6) is 0 Å². The van der Waals surface area contributed by atoms with Crippen LogP contribution < -0.4 is 10.6 Å². The second-order valence-electron chi connectivity index (χ2n) is 5.92. The number of carbonyl (C=O) groups excluding carboxylic acids is 1. The number of amides is 1. The highest BCUT2D eigenvalue weighted by Crippen LogP contribution is 2.25. The molecule has 0 bridgehead atoms. The lowest BCUT2D eigenvalue weighted by Gasteiger charge is -2.11. The molecule has 1 heterocycles. The first-order valence-electron chi connectivity index (χ1n) is 8.15. The molecule has 3 rings (SSSR count). The first-order valence-corrected chi connectivity index (χ1v) is 8.94. The minimum atomic E-state index is -1.05. The van der Waals surface area contributed by atoms with Gasteiger partial charge in [-0.15, -0.1) is 0 Å². The number of carboxylic acid groups (broad SMARTS) is 1. The van der Waals surface area contributed by atoms with E-state index in [-0.39, 0.29) is 16.4 Å². The summed E-state index contributed by atoms with van der Waals surface area (Å²) in [6.07, 6.45) is 0. The largest absolute Gasteiger partial charge is 0.478 e. The standard InChI is InChI=1S/C20H15ClN2O4S/c1-11-5-6-13(19(25)26)10-15(11)22-20(28)23-18(24)17-8-7-16(27-17)12-3-2-4-14(21)9-12/h2-10H,1H3,(H,25,26)(H2,22,23,24,28). The summed E-state index contributed by atoms with van der Waals surface area (Å²) in [6.45, 7) is 1.79. The number of nitrogens with one attached hydrogen (secondary N) is 2. The summed E-state index contributed by atoms with van der Waals surface area (Å²) in [6, 6.07) is 14.9. The molecule has 28 heavy (non-hydrogen) atoms. The van der Waals surface area contributed by atoms with Gasteiger partial charge in [0, 0.05) is 16.3 Å². The maximum absolute atomic E-state index is 12.4. The van der Waals surface area contributed by atoms with E-state index in [2.05, 4.69) is 10.6 Å². The molecule has 0 aliphatic rings. The Balaban J connectivity index is 1.69. The molecule has 0 aliphatic heterocycles. The zero-order valence-corrected chi connectivity index (χ0v) is 16.2. The van der Waals surface area contributed by atoms with E-state index in [1.165, 1.54) is 18.2 Å². The molecule has 3 aromatic rings. The maximum atomic E-state index is 12.4. The van der Waals surface area contributed by atoms with Gasteiger partial charge in [0.25, 0.3) is 5.91 Å².